The summed E-state index contributed by atoms with van der Waals surface area (Å²) in [6.07, 6.45) is 1.15. The lowest BCUT2D eigenvalue weighted by molar-refractivity contribution is -0.129. The molecule has 2 aromatic carbocycles. The number of hydrogen-bond donors (Lipinski definition) is 2. The highest BCUT2D eigenvalue weighted by Gasteiger charge is 2.44. The maximum Gasteiger partial charge on any atom is 0.256 e. The van der Waals surface area contributed by atoms with E-state index in [1.54, 1.807) is 28.6 Å². The van der Waals surface area contributed by atoms with E-state index in [9.17, 15) is 36.5 Å². The van der Waals surface area contributed by atoms with Crippen molar-refractivity contribution in [3.8, 4) is 23.0 Å². The van der Waals surface area contributed by atoms with Crippen LogP contribution < -0.4 is 29.6 Å². The van der Waals surface area contributed by atoms with Gasteiger partial charge in [-0.2, -0.15) is 0 Å². The molecule has 63 heavy (non-hydrogen) atoms. The summed E-state index contributed by atoms with van der Waals surface area (Å²) < 4.78 is 95.4. The normalized spacial score (nSPS) is 22.3. The Labute approximate surface area is 379 Å². The van der Waals surface area contributed by atoms with Crippen molar-refractivity contribution in [1.82, 2.24) is 14.7 Å². The summed E-state index contributed by atoms with van der Waals surface area (Å²) in [5.74, 6) is 0.570. The molecule has 0 aromatic heterocycles. The van der Waals surface area contributed by atoms with Gasteiger partial charge < -0.3 is 58.0 Å². The number of amides is 3. The van der Waals surface area contributed by atoms with Gasteiger partial charge in [0.2, 0.25) is 5.91 Å². The number of benzene rings is 2. The second-order valence-electron chi connectivity index (χ2n) is 15.3. The van der Waals surface area contributed by atoms with E-state index in [0.717, 1.165) is 16.9 Å². The summed E-state index contributed by atoms with van der Waals surface area (Å²) >= 11 is -5.81. The van der Waals surface area contributed by atoms with Crippen LogP contribution in [0.1, 0.15) is 46.4 Å². The Balaban J connectivity index is 1.21. The number of nitrogens with zero attached hydrogens (tertiary/aromatic N) is 3. The van der Waals surface area contributed by atoms with E-state index in [2.05, 4.69) is 23.8 Å². The highest BCUT2D eigenvalue weighted by Crippen LogP contribution is 2.47. The Bertz CT molecular complexity index is 2070. The second kappa shape index (κ2) is 21.5. The van der Waals surface area contributed by atoms with Crippen molar-refractivity contribution in [3.05, 3.63) is 59.7 Å². The summed E-state index contributed by atoms with van der Waals surface area (Å²) in [5.41, 5.74) is 2.36. The van der Waals surface area contributed by atoms with Gasteiger partial charge in [-0.15, -0.1) is 0 Å². The number of ether oxygens (including phenoxy) is 4. The molecule has 346 valence electrons. The SMILES string of the molecule is C=C1C[C@@H]2C(OS(=O)[O-])Nc3cc(OCCP(=O)(CCOc4cc5c(cc4OC)C(=O)N4CC(=C)C[C@H]4C(OS(=O)[O-])N5)CN(C)C(=O)CCCSSC)c(OC)cc3C(=O)N2C1. The molecule has 0 radical (unpaired) electrons. The first-order chi connectivity index (χ1) is 30.0. The molecule has 2 N–H and O–H groups in total. The van der Waals surface area contributed by atoms with Crippen LogP contribution in [0.2, 0.25) is 0 Å². The molecule has 0 spiro atoms. The van der Waals surface area contributed by atoms with Crippen molar-refractivity contribution in [1.29, 1.82) is 0 Å². The van der Waals surface area contributed by atoms with E-state index in [-0.39, 0.29) is 115 Å². The standard InChI is InChI=1S/C39H52N5O14PS4/c1-23-14-29-36(57-62(49)50)40-27-18-33(31(53-4)16-25(27)38(46)43(29)20-23)55-9-11-59(48,22-42(3)35(45)8-7-13-61-60-6)12-10-56-34-19-28-26(17-32(34)54-5)39(47)44-21-24(2)15-30(44)37(41-28)58-63(51)52/h16-19,29-30,36-37,40-41H,1-2,7-15,20-22H2,3-6H3,(H,49,50)(H,51,52)/p-2/t29-,30+,36?,37?,59?. The van der Waals surface area contributed by atoms with Crippen LogP contribution in [-0.2, 0) is 40.4 Å². The average Bonchev–Trinajstić information content (AvgIpc) is 3.78. The molecule has 0 saturated carbocycles. The van der Waals surface area contributed by atoms with Gasteiger partial charge in [0.15, 0.2) is 35.5 Å². The van der Waals surface area contributed by atoms with Crippen molar-refractivity contribution in [2.45, 2.75) is 50.2 Å². The quantitative estimate of drug-likeness (QED) is 0.0580. The van der Waals surface area contributed by atoms with E-state index in [0.29, 0.717) is 19.3 Å². The third-order valence-electron chi connectivity index (χ3n) is 11.0. The van der Waals surface area contributed by atoms with E-state index in [1.807, 2.05) is 6.26 Å². The summed E-state index contributed by atoms with van der Waals surface area (Å²) in [5, 5.41) is 6.06. The highest BCUT2D eigenvalue weighted by molar-refractivity contribution is 8.76. The Morgan fingerprint density at radius 3 is 1.71 bits per heavy atom. The van der Waals surface area contributed by atoms with Gasteiger partial charge in [-0.05, 0) is 37.7 Å². The van der Waals surface area contributed by atoms with Crippen molar-refractivity contribution < 1.29 is 63.8 Å². The van der Waals surface area contributed by atoms with Gasteiger partial charge in [0.1, 0.15) is 7.14 Å². The molecule has 24 heteroatoms. The number of fused-ring (bicyclic) bond motifs is 4. The van der Waals surface area contributed by atoms with Crippen LogP contribution in [0.3, 0.4) is 0 Å². The molecule has 2 aromatic rings. The maximum absolute atomic E-state index is 14.9. The van der Waals surface area contributed by atoms with Gasteiger partial charge in [0.25, 0.3) is 11.8 Å². The summed E-state index contributed by atoms with van der Waals surface area (Å²) in [6, 6.07) is 4.67. The zero-order valence-electron chi connectivity index (χ0n) is 35.2. The van der Waals surface area contributed by atoms with Crippen LogP contribution in [0.5, 0.6) is 23.0 Å². The number of hydrogen-bond acceptors (Lipinski definition) is 18. The van der Waals surface area contributed by atoms with E-state index in [4.69, 9.17) is 27.3 Å². The third kappa shape index (κ3) is 11.7. The fourth-order valence-corrected chi connectivity index (χ4v) is 12.2. The van der Waals surface area contributed by atoms with E-state index >= 15 is 0 Å². The topological polar surface area (TPSA) is 238 Å². The molecular formula is C39H50N5O14PS4-2. The molecule has 19 nitrogen and oxygen atoms in total. The van der Waals surface area contributed by atoms with E-state index < -0.39 is 54.4 Å². The van der Waals surface area contributed by atoms with Gasteiger partial charge in [0, 0.05) is 56.8 Å². The minimum Gasteiger partial charge on any atom is -0.750 e. The van der Waals surface area contributed by atoms with Gasteiger partial charge in [0.05, 0.1) is 91.0 Å². The lowest BCUT2D eigenvalue weighted by atomic mass is 10.1. The maximum atomic E-state index is 14.9. The first-order valence-corrected chi connectivity index (χ1v) is 26.7. The Kier molecular flexibility index (Phi) is 16.6. The zero-order valence-corrected chi connectivity index (χ0v) is 39.3. The van der Waals surface area contributed by atoms with Crippen LogP contribution in [-0.4, -0.2) is 153 Å². The van der Waals surface area contributed by atoms with Crippen molar-refractivity contribution in [2.24, 2.45) is 0 Å². The average molecular weight is 972 g/mol. The van der Waals surface area contributed by atoms with Gasteiger partial charge >= 0.3 is 0 Å². The predicted octanol–water partition coefficient (Wildman–Crippen LogP) is 4.40. The Morgan fingerprint density at radius 1 is 0.841 bits per heavy atom. The Hall–Kier alpha value is -3.80. The van der Waals surface area contributed by atoms with Crippen LogP contribution in [0.15, 0.2) is 48.6 Å². The molecule has 7 atom stereocenters. The largest absolute Gasteiger partial charge is 0.750 e. The number of anilines is 2. The summed E-state index contributed by atoms with van der Waals surface area (Å²) in [7, 11) is 4.30. The zero-order chi connectivity index (χ0) is 45.6. The highest BCUT2D eigenvalue weighted by atomic mass is 33.1. The van der Waals surface area contributed by atoms with Gasteiger partial charge in [-0.25, -0.2) is 8.42 Å². The smallest absolute Gasteiger partial charge is 0.256 e. The number of nitrogens with one attached hydrogen (secondary N) is 2. The van der Waals surface area contributed by atoms with Gasteiger partial charge in [-0.3, -0.25) is 22.7 Å². The number of carbonyl (C=O) groups excluding carboxylic acids is 3. The molecule has 2 saturated heterocycles. The third-order valence-corrected chi connectivity index (χ3v) is 16.5. The lowest BCUT2D eigenvalue weighted by Crippen LogP contribution is -2.45. The van der Waals surface area contributed by atoms with Crippen molar-refractivity contribution in [3.63, 3.8) is 0 Å². The minimum atomic E-state index is -3.35. The first kappa shape index (κ1) is 48.7. The summed E-state index contributed by atoms with van der Waals surface area (Å²) in [6.45, 7) is 8.14. The monoisotopic (exact) mass is 971 g/mol. The number of methoxy groups -OCH3 is 2. The molecule has 4 aliphatic rings. The molecule has 2 fully saturated rings. The molecule has 5 unspecified atom stereocenters. The molecule has 4 aliphatic heterocycles. The lowest BCUT2D eigenvalue weighted by Gasteiger charge is -2.28. The molecule has 4 heterocycles. The molecule has 0 aliphatic carbocycles. The van der Waals surface area contributed by atoms with Crippen molar-refractivity contribution in [2.75, 3.05) is 88.8 Å². The summed E-state index contributed by atoms with van der Waals surface area (Å²) in [4.78, 5) is 45.1. The fraction of sp³-hybridized carbons (Fsp3) is 0.513. The van der Waals surface area contributed by atoms with Crippen molar-refractivity contribution >= 4 is 80.5 Å². The van der Waals surface area contributed by atoms with E-state index in [1.165, 1.54) is 53.2 Å². The second-order valence-corrected chi connectivity index (χ2v) is 22.4. The van der Waals surface area contributed by atoms with Gasteiger partial charge in [-0.1, -0.05) is 45.9 Å². The minimum absolute atomic E-state index is 0.0208. The molecule has 3 amide bonds. The van der Waals surface area contributed by atoms with Crippen LogP contribution in [0.25, 0.3) is 0 Å². The van der Waals surface area contributed by atoms with Crippen LogP contribution in [0.4, 0.5) is 11.4 Å². The van der Waals surface area contributed by atoms with Crippen LogP contribution >= 0.6 is 28.7 Å². The molecule has 0 bridgehead atoms. The predicted molar refractivity (Wildman–Crippen MR) is 239 cm³/mol. The number of rotatable bonds is 21. The molecular weight excluding hydrogens is 922 g/mol. The fourth-order valence-electron chi connectivity index (χ4n) is 7.97. The molecule has 6 rings (SSSR count). The van der Waals surface area contributed by atoms with Crippen LogP contribution in [0, 0.1) is 0 Å². The number of carbonyl (C=O) groups is 3. The first-order valence-electron chi connectivity index (χ1n) is 19.7. The Morgan fingerprint density at radius 2 is 1.30 bits per heavy atom.